The van der Waals surface area contributed by atoms with Crippen molar-refractivity contribution in [3.8, 4) is 0 Å². The van der Waals surface area contributed by atoms with E-state index in [1.54, 1.807) is 18.2 Å². The van der Waals surface area contributed by atoms with E-state index in [2.05, 4.69) is 15.5 Å². The number of thioether (sulfide) groups is 1. The molecular formula is C23H17Cl2N3O2S. The van der Waals surface area contributed by atoms with Crippen molar-refractivity contribution in [1.29, 1.82) is 0 Å². The van der Waals surface area contributed by atoms with E-state index in [1.165, 1.54) is 0 Å². The Balaban J connectivity index is 1.47. The first kappa shape index (κ1) is 21.4. The number of benzene rings is 3. The average Bonchev–Trinajstić information content (AvgIpc) is 3.24. The van der Waals surface area contributed by atoms with E-state index in [-0.39, 0.29) is 17.6 Å². The van der Waals surface area contributed by atoms with Crippen LogP contribution in [0.15, 0.2) is 88.5 Å². The normalized spacial score (nSPS) is 10.9. The Morgan fingerprint density at radius 3 is 2.19 bits per heavy atom. The lowest BCUT2D eigenvalue weighted by atomic mass is 9.91. The van der Waals surface area contributed by atoms with Gasteiger partial charge in [-0.2, -0.15) is 0 Å². The van der Waals surface area contributed by atoms with Crippen LogP contribution in [-0.2, 0) is 4.79 Å². The van der Waals surface area contributed by atoms with Gasteiger partial charge >= 0.3 is 0 Å². The molecule has 4 aromatic rings. The standard InChI is InChI=1S/C23H17Cl2N3O2S/c24-17-11-12-19(18(25)13-17)26-20(29)14-31-23-28-27-22(30-23)21(15-7-3-1-4-8-15)16-9-5-2-6-10-16/h1-13,21H,14H2,(H,26,29). The maximum absolute atomic E-state index is 12.3. The maximum Gasteiger partial charge on any atom is 0.277 e. The molecule has 0 saturated carbocycles. The van der Waals surface area contributed by atoms with Crippen LogP contribution in [0.5, 0.6) is 0 Å². The number of carbonyl (C=O) groups is 1. The van der Waals surface area contributed by atoms with Gasteiger partial charge in [0.1, 0.15) is 0 Å². The summed E-state index contributed by atoms with van der Waals surface area (Å²) in [6.07, 6.45) is 0. The first-order chi connectivity index (χ1) is 15.1. The van der Waals surface area contributed by atoms with E-state index >= 15 is 0 Å². The summed E-state index contributed by atoms with van der Waals surface area (Å²) >= 11 is 13.1. The van der Waals surface area contributed by atoms with Crippen LogP contribution in [0.2, 0.25) is 10.0 Å². The summed E-state index contributed by atoms with van der Waals surface area (Å²) in [6, 6.07) is 24.8. The third-order valence-corrected chi connectivity index (χ3v) is 5.83. The van der Waals surface area contributed by atoms with Gasteiger partial charge in [0.05, 0.1) is 22.4 Å². The number of amides is 1. The molecular weight excluding hydrogens is 453 g/mol. The van der Waals surface area contributed by atoms with Gasteiger partial charge < -0.3 is 9.73 Å². The van der Waals surface area contributed by atoms with Crippen molar-refractivity contribution >= 4 is 46.6 Å². The third-order valence-electron chi connectivity index (χ3n) is 4.47. The van der Waals surface area contributed by atoms with Gasteiger partial charge in [0.15, 0.2) is 0 Å². The Morgan fingerprint density at radius 1 is 0.935 bits per heavy atom. The lowest BCUT2D eigenvalue weighted by Crippen LogP contribution is -2.14. The molecule has 8 heteroatoms. The second-order valence-corrected chi connectivity index (χ2v) is 8.39. The van der Waals surface area contributed by atoms with Crippen molar-refractivity contribution in [2.24, 2.45) is 0 Å². The summed E-state index contributed by atoms with van der Waals surface area (Å²) in [5.41, 5.74) is 2.59. The molecule has 0 fully saturated rings. The van der Waals surface area contributed by atoms with Gasteiger partial charge in [0.2, 0.25) is 11.8 Å². The van der Waals surface area contributed by atoms with Gasteiger partial charge in [-0.15, -0.1) is 10.2 Å². The van der Waals surface area contributed by atoms with Gasteiger partial charge in [-0.3, -0.25) is 4.79 Å². The number of hydrogen-bond acceptors (Lipinski definition) is 5. The van der Waals surface area contributed by atoms with E-state index < -0.39 is 0 Å². The molecule has 0 atom stereocenters. The van der Waals surface area contributed by atoms with Crippen LogP contribution >= 0.6 is 35.0 Å². The van der Waals surface area contributed by atoms with Crippen LogP contribution in [0.4, 0.5) is 5.69 Å². The molecule has 1 heterocycles. The predicted octanol–water partition coefficient (Wildman–Crippen LogP) is 6.29. The minimum atomic E-state index is -0.239. The van der Waals surface area contributed by atoms with Gasteiger partial charge in [0, 0.05) is 5.02 Å². The summed E-state index contributed by atoms with van der Waals surface area (Å²) in [5, 5.41) is 12.3. The van der Waals surface area contributed by atoms with Gasteiger partial charge in [-0.25, -0.2) is 0 Å². The van der Waals surface area contributed by atoms with Crippen LogP contribution in [0.3, 0.4) is 0 Å². The molecule has 156 valence electrons. The molecule has 0 spiro atoms. The van der Waals surface area contributed by atoms with Gasteiger partial charge in [-0.1, -0.05) is 95.6 Å². The van der Waals surface area contributed by atoms with Gasteiger partial charge in [-0.05, 0) is 29.3 Å². The van der Waals surface area contributed by atoms with E-state index in [4.69, 9.17) is 27.6 Å². The maximum atomic E-state index is 12.3. The SMILES string of the molecule is O=C(CSc1nnc(C(c2ccccc2)c2ccccc2)o1)Nc1ccc(Cl)cc1Cl. The summed E-state index contributed by atoms with van der Waals surface area (Å²) < 4.78 is 5.91. The van der Waals surface area contributed by atoms with E-state index in [9.17, 15) is 4.79 Å². The Kier molecular flexibility index (Phi) is 6.92. The Labute approximate surface area is 193 Å². The Bertz CT molecular complexity index is 1130. The highest BCUT2D eigenvalue weighted by Gasteiger charge is 2.23. The largest absolute Gasteiger partial charge is 0.415 e. The molecule has 0 saturated heterocycles. The monoisotopic (exact) mass is 469 g/mol. The van der Waals surface area contributed by atoms with Gasteiger partial charge in [0.25, 0.3) is 5.22 Å². The summed E-state index contributed by atoms with van der Waals surface area (Å²) in [5.74, 6) is 0.144. The predicted molar refractivity (Wildman–Crippen MR) is 124 cm³/mol. The van der Waals surface area contributed by atoms with Crippen molar-refractivity contribution < 1.29 is 9.21 Å². The minimum Gasteiger partial charge on any atom is -0.415 e. The zero-order chi connectivity index (χ0) is 21.6. The number of nitrogens with zero attached hydrogens (tertiary/aromatic N) is 2. The quantitative estimate of drug-likeness (QED) is 0.322. The fourth-order valence-electron chi connectivity index (χ4n) is 3.07. The lowest BCUT2D eigenvalue weighted by molar-refractivity contribution is -0.113. The Hall–Kier alpha value is -2.80. The molecule has 31 heavy (non-hydrogen) atoms. The molecule has 0 radical (unpaired) electrons. The molecule has 1 N–H and O–H groups in total. The summed E-state index contributed by atoms with van der Waals surface area (Å²) in [4.78, 5) is 12.3. The first-order valence-corrected chi connectivity index (χ1v) is 11.2. The number of anilines is 1. The van der Waals surface area contributed by atoms with Crippen LogP contribution in [-0.4, -0.2) is 21.9 Å². The second kappa shape index (κ2) is 10.0. The van der Waals surface area contributed by atoms with Crippen molar-refractivity contribution in [2.45, 2.75) is 11.1 Å². The van der Waals surface area contributed by atoms with Crippen LogP contribution in [0.1, 0.15) is 22.9 Å². The highest BCUT2D eigenvalue weighted by Crippen LogP contribution is 2.32. The topological polar surface area (TPSA) is 68.0 Å². The molecule has 0 aliphatic heterocycles. The second-order valence-electron chi connectivity index (χ2n) is 6.62. The highest BCUT2D eigenvalue weighted by atomic mass is 35.5. The molecule has 5 nitrogen and oxygen atoms in total. The summed E-state index contributed by atoms with van der Waals surface area (Å²) in [6.45, 7) is 0. The fraction of sp³-hybridized carbons (Fsp3) is 0.0870. The zero-order valence-electron chi connectivity index (χ0n) is 16.2. The number of rotatable bonds is 7. The average molecular weight is 470 g/mol. The molecule has 0 aliphatic rings. The number of halogens is 2. The first-order valence-electron chi connectivity index (χ1n) is 9.41. The van der Waals surface area contributed by atoms with Crippen molar-refractivity contribution in [2.75, 3.05) is 11.1 Å². The van der Waals surface area contributed by atoms with E-state index in [0.717, 1.165) is 22.9 Å². The molecule has 4 rings (SSSR count). The van der Waals surface area contributed by atoms with Crippen LogP contribution < -0.4 is 5.32 Å². The number of aromatic nitrogens is 2. The molecule has 0 bridgehead atoms. The smallest absolute Gasteiger partial charge is 0.277 e. The molecule has 0 unspecified atom stereocenters. The summed E-state index contributed by atoms with van der Waals surface area (Å²) in [7, 11) is 0. The molecule has 0 aliphatic carbocycles. The zero-order valence-corrected chi connectivity index (χ0v) is 18.5. The fourth-order valence-corrected chi connectivity index (χ4v) is 4.09. The third kappa shape index (κ3) is 5.47. The van der Waals surface area contributed by atoms with Crippen molar-refractivity contribution in [3.63, 3.8) is 0 Å². The van der Waals surface area contributed by atoms with Crippen LogP contribution in [0.25, 0.3) is 0 Å². The van der Waals surface area contributed by atoms with Crippen molar-refractivity contribution in [3.05, 3.63) is 106 Å². The number of carbonyl (C=O) groups excluding carboxylic acids is 1. The molecule has 3 aromatic carbocycles. The van der Waals surface area contributed by atoms with E-state index in [0.29, 0.717) is 26.8 Å². The number of nitrogens with one attached hydrogen (secondary N) is 1. The van der Waals surface area contributed by atoms with Crippen molar-refractivity contribution in [1.82, 2.24) is 10.2 Å². The molecule has 1 amide bonds. The number of hydrogen-bond donors (Lipinski definition) is 1. The minimum absolute atomic E-state index is 0.0991. The molecule has 1 aromatic heterocycles. The Morgan fingerprint density at radius 2 is 1.58 bits per heavy atom. The lowest BCUT2D eigenvalue weighted by Gasteiger charge is -2.13. The van der Waals surface area contributed by atoms with E-state index in [1.807, 2.05) is 60.7 Å². The highest BCUT2D eigenvalue weighted by molar-refractivity contribution is 7.99. The van der Waals surface area contributed by atoms with Crippen LogP contribution in [0, 0.1) is 0 Å².